The molecule has 2 atom stereocenters. The Balaban J connectivity index is 0.00000200. The van der Waals surface area contributed by atoms with Gasteiger partial charge in [0.2, 0.25) is 5.91 Å². The summed E-state index contributed by atoms with van der Waals surface area (Å²) in [5.41, 5.74) is 0. The molecule has 5 nitrogen and oxygen atoms in total. The van der Waals surface area contributed by atoms with Gasteiger partial charge in [-0.05, 0) is 6.92 Å². The van der Waals surface area contributed by atoms with E-state index >= 15 is 0 Å². The molecule has 0 spiro atoms. The molecule has 2 fully saturated rings. The zero-order valence-electron chi connectivity index (χ0n) is 11.9. The van der Waals surface area contributed by atoms with Crippen LogP contribution in [-0.4, -0.2) is 68.2 Å². The van der Waals surface area contributed by atoms with Gasteiger partial charge in [-0.2, -0.15) is 0 Å². The second kappa shape index (κ2) is 9.05. The molecule has 2 saturated heterocycles. The number of carbonyl (C=O) groups excluding carboxylic acids is 1. The monoisotopic (exact) mass is 349 g/mol. The van der Waals surface area contributed by atoms with Crippen LogP contribution in [0.1, 0.15) is 13.3 Å². The molecule has 21 heavy (non-hydrogen) atoms. The van der Waals surface area contributed by atoms with E-state index in [1.807, 2.05) is 6.92 Å². The quantitative estimate of drug-likeness (QED) is 0.783. The lowest BCUT2D eigenvalue weighted by Gasteiger charge is -2.32. The number of ether oxygens (including phenoxy) is 1. The molecule has 2 unspecified atom stereocenters. The van der Waals surface area contributed by atoms with Crippen molar-refractivity contribution >= 4 is 30.7 Å². The minimum Gasteiger partial charge on any atom is -0.379 e. The Bertz CT molecular complexity index is 332. The maximum Gasteiger partial charge on any atom is 0.262 e. The number of morpholine rings is 1. The number of rotatable bonds is 4. The smallest absolute Gasteiger partial charge is 0.262 e. The summed E-state index contributed by atoms with van der Waals surface area (Å²) in [4.78, 5) is 14.0. The first-order valence-corrected chi connectivity index (χ1v) is 6.69. The van der Waals surface area contributed by atoms with E-state index in [4.69, 9.17) is 4.74 Å². The zero-order chi connectivity index (χ0) is 13.9. The number of carbonyl (C=O) groups is 1. The zero-order valence-corrected chi connectivity index (χ0v) is 13.6. The van der Waals surface area contributed by atoms with E-state index in [2.05, 4.69) is 15.5 Å². The molecule has 0 aliphatic carbocycles. The molecule has 0 radical (unpaired) electrons. The van der Waals surface area contributed by atoms with Crippen molar-refractivity contribution in [1.29, 1.82) is 0 Å². The molecule has 2 rings (SSSR count). The molecule has 2 aliphatic rings. The van der Waals surface area contributed by atoms with Crippen LogP contribution in [0.2, 0.25) is 0 Å². The highest BCUT2D eigenvalue weighted by Gasteiger charge is 2.42. The Labute approximate surface area is 136 Å². The van der Waals surface area contributed by atoms with Gasteiger partial charge in [0, 0.05) is 32.1 Å². The van der Waals surface area contributed by atoms with Crippen LogP contribution in [0, 0.1) is 0 Å². The third kappa shape index (κ3) is 6.20. The number of amides is 1. The van der Waals surface area contributed by atoms with Crippen molar-refractivity contribution in [2.75, 3.05) is 39.4 Å². The van der Waals surface area contributed by atoms with Crippen molar-refractivity contribution in [2.24, 2.45) is 0 Å². The first-order chi connectivity index (χ1) is 8.98. The summed E-state index contributed by atoms with van der Waals surface area (Å²) in [6.07, 6.45) is -0.412. The van der Waals surface area contributed by atoms with E-state index in [0.717, 1.165) is 13.1 Å². The normalized spacial score (nSPS) is 26.3. The van der Waals surface area contributed by atoms with E-state index in [1.54, 1.807) is 0 Å². The van der Waals surface area contributed by atoms with Crippen molar-refractivity contribution in [2.45, 2.75) is 31.4 Å². The van der Waals surface area contributed by atoms with Crippen LogP contribution < -0.4 is 10.6 Å². The Kier molecular flexibility index (Phi) is 8.96. The van der Waals surface area contributed by atoms with E-state index in [1.165, 1.54) is 0 Å². The fourth-order valence-corrected chi connectivity index (χ4v) is 2.42. The highest BCUT2D eigenvalue weighted by Crippen LogP contribution is 2.24. The predicted molar refractivity (Wildman–Crippen MR) is 80.7 cm³/mol. The Morgan fingerprint density at radius 1 is 1.43 bits per heavy atom. The van der Waals surface area contributed by atoms with Crippen molar-refractivity contribution < 1.29 is 18.3 Å². The largest absolute Gasteiger partial charge is 0.379 e. The molecular weight excluding hydrogens is 327 g/mol. The summed E-state index contributed by atoms with van der Waals surface area (Å²) in [6.45, 7) is 5.17. The molecule has 1 amide bonds. The minimum atomic E-state index is -2.77. The van der Waals surface area contributed by atoms with E-state index in [0.29, 0.717) is 19.8 Å². The van der Waals surface area contributed by atoms with E-state index in [9.17, 15) is 13.6 Å². The lowest BCUT2D eigenvalue weighted by atomic mass is 10.1. The summed E-state index contributed by atoms with van der Waals surface area (Å²) >= 11 is 0. The second-order valence-corrected chi connectivity index (χ2v) is 5.24. The van der Waals surface area contributed by atoms with Crippen LogP contribution in [0.25, 0.3) is 0 Å². The number of hydrogen-bond donors (Lipinski definition) is 2. The van der Waals surface area contributed by atoms with Crippen LogP contribution >= 0.6 is 24.8 Å². The van der Waals surface area contributed by atoms with Crippen molar-refractivity contribution in [3.63, 3.8) is 0 Å². The molecule has 0 aromatic carbocycles. The fourth-order valence-electron chi connectivity index (χ4n) is 2.42. The lowest BCUT2D eigenvalue weighted by molar-refractivity contribution is -0.123. The molecular formula is C12H23Cl2F2N3O2. The van der Waals surface area contributed by atoms with Gasteiger partial charge in [0.05, 0.1) is 25.8 Å². The Morgan fingerprint density at radius 3 is 2.57 bits per heavy atom. The molecule has 0 saturated carbocycles. The van der Waals surface area contributed by atoms with E-state index in [-0.39, 0.29) is 36.8 Å². The summed E-state index contributed by atoms with van der Waals surface area (Å²) in [6, 6.07) is -0.582. The van der Waals surface area contributed by atoms with Crippen molar-refractivity contribution in [1.82, 2.24) is 15.5 Å². The number of nitrogens with one attached hydrogen (secondary N) is 2. The third-order valence-electron chi connectivity index (χ3n) is 3.67. The van der Waals surface area contributed by atoms with Crippen LogP contribution in [0.4, 0.5) is 8.78 Å². The number of alkyl halides is 2. The molecule has 2 heterocycles. The molecule has 0 bridgehead atoms. The van der Waals surface area contributed by atoms with Crippen LogP contribution in [0.5, 0.6) is 0 Å². The number of halogens is 4. The average molecular weight is 350 g/mol. The fraction of sp³-hybridized carbons (Fsp3) is 0.917. The molecule has 126 valence electrons. The highest BCUT2D eigenvalue weighted by atomic mass is 35.5. The Hall–Kier alpha value is -0.210. The summed E-state index contributed by atoms with van der Waals surface area (Å²) < 4.78 is 31.2. The maximum atomic E-state index is 13.0. The van der Waals surface area contributed by atoms with Crippen molar-refractivity contribution in [3.05, 3.63) is 0 Å². The van der Waals surface area contributed by atoms with Gasteiger partial charge in [-0.25, -0.2) is 8.78 Å². The standard InChI is InChI=1S/C12H21F2N3O2.2ClH/c1-9(17-2-4-19-5-3-17)7-15-11(18)10-6-12(13,14)8-16-10;;/h9-10,16H,2-8H2,1H3,(H,15,18);2*1H. The summed E-state index contributed by atoms with van der Waals surface area (Å²) in [5.74, 6) is -3.10. The topological polar surface area (TPSA) is 53.6 Å². The van der Waals surface area contributed by atoms with Gasteiger partial charge < -0.3 is 10.1 Å². The van der Waals surface area contributed by atoms with Crippen LogP contribution in [0.3, 0.4) is 0 Å². The summed E-state index contributed by atoms with van der Waals surface area (Å²) in [5, 5.41) is 5.30. The summed E-state index contributed by atoms with van der Waals surface area (Å²) in [7, 11) is 0. The Morgan fingerprint density at radius 2 is 2.05 bits per heavy atom. The number of hydrogen-bond acceptors (Lipinski definition) is 4. The van der Waals surface area contributed by atoms with Gasteiger partial charge in [0.1, 0.15) is 0 Å². The van der Waals surface area contributed by atoms with Crippen molar-refractivity contribution in [3.8, 4) is 0 Å². The molecule has 0 aromatic heterocycles. The first kappa shape index (κ1) is 20.8. The van der Waals surface area contributed by atoms with Gasteiger partial charge in [0.25, 0.3) is 5.92 Å². The number of nitrogens with zero attached hydrogens (tertiary/aromatic N) is 1. The van der Waals surface area contributed by atoms with Gasteiger partial charge >= 0.3 is 0 Å². The predicted octanol–water partition coefficient (Wildman–Crippen LogP) is 0.664. The maximum absolute atomic E-state index is 13.0. The van der Waals surface area contributed by atoms with Gasteiger partial charge in [0.15, 0.2) is 0 Å². The molecule has 2 aliphatic heterocycles. The minimum absolute atomic E-state index is 0. The average Bonchev–Trinajstić information content (AvgIpc) is 2.77. The van der Waals surface area contributed by atoms with Crippen LogP contribution in [0.15, 0.2) is 0 Å². The molecule has 0 aromatic rings. The SMILES string of the molecule is CC(CNC(=O)C1CC(F)(F)CN1)N1CCOCC1.Cl.Cl. The van der Waals surface area contributed by atoms with E-state index < -0.39 is 24.9 Å². The molecule has 2 N–H and O–H groups in total. The third-order valence-corrected chi connectivity index (χ3v) is 3.67. The molecule has 9 heteroatoms. The van der Waals surface area contributed by atoms with Gasteiger partial charge in [-0.15, -0.1) is 24.8 Å². The second-order valence-electron chi connectivity index (χ2n) is 5.24. The lowest BCUT2D eigenvalue weighted by Crippen LogP contribution is -2.49. The van der Waals surface area contributed by atoms with Gasteiger partial charge in [-0.3, -0.25) is 15.0 Å². The first-order valence-electron chi connectivity index (χ1n) is 6.69. The van der Waals surface area contributed by atoms with Gasteiger partial charge in [-0.1, -0.05) is 0 Å². The highest BCUT2D eigenvalue weighted by molar-refractivity contribution is 5.85. The van der Waals surface area contributed by atoms with Crippen LogP contribution in [-0.2, 0) is 9.53 Å².